The van der Waals surface area contributed by atoms with Crippen LogP contribution in [0.3, 0.4) is 0 Å². The summed E-state index contributed by atoms with van der Waals surface area (Å²) in [7, 11) is 0. The van der Waals surface area contributed by atoms with Gasteiger partial charge in [0.15, 0.2) is 11.5 Å². The van der Waals surface area contributed by atoms with Crippen molar-refractivity contribution < 1.29 is 9.47 Å². The summed E-state index contributed by atoms with van der Waals surface area (Å²) in [5, 5.41) is 0. The summed E-state index contributed by atoms with van der Waals surface area (Å²) in [6.07, 6.45) is 2.66. The van der Waals surface area contributed by atoms with Gasteiger partial charge in [0.2, 0.25) is 0 Å². The van der Waals surface area contributed by atoms with Crippen molar-refractivity contribution in [1.82, 2.24) is 4.98 Å². The maximum absolute atomic E-state index is 6.15. The average molecular weight is 323 g/mol. The zero-order chi connectivity index (χ0) is 16.9. The van der Waals surface area contributed by atoms with Gasteiger partial charge in [-0.05, 0) is 42.8 Å². The van der Waals surface area contributed by atoms with Gasteiger partial charge in [-0.25, -0.2) is 0 Å². The van der Waals surface area contributed by atoms with Crippen molar-refractivity contribution >= 4 is 11.4 Å². The molecule has 1 heterocycles. The number of nitrogens with one attached hydrogen (secondary N) is 1. The molecule has 1 aromatic heterocycles. The molecule has 5 heteroatoms. The van der Waals surface area contributed by atoms with Gasteiger partial charge in [-0.3, -0.25) is 0 Å². The van der Waals surface area contributed by atoms with Gasteiger partial charge in [-0.2, -0.15) is 0 Å². The molecular formula is C19H21N3O2. The Balaban J connectivity index is 1.83. The number of rotatable bonds is 6. The van der Waals surface area contributed by atoms with E-state index in [9.17, 15) is 0 Å². The van der Waals surface area contributed by atoms with Crippen LogP contribution in [0.4, 0.5) is 11.4 Å². The molecule has 24 heavy (non-hydrogen) atoms. The molecule has 0 aliphatic carbocycles. The molecule has 0 bridgehead atoms. The zero-order valence-electron chi connectivity index (χ0n) is 13.5. The maximum atomic E-state index is 6.15. The number of nitrogen functional groups attached to an aromatic ring is 2. The SMILES string of the molecule is CCC(Oc1ccccc1Oc1ccc(N)c(N)c1)c1ccc[nH]1. The third-order valence-electron chi connectivity index (χ3n) is 3.74. The highest BCUT2D eigenvalue weighted by Gasteiger charge is 2.15. The topological polar surface area (TPSA) is 86.3 Å². The second kappa shape index (κ2) is 7.00. The molecule has 0 radical (unpaired) electrons. The van der Waals surface area contributed by atoms with E-state index in [1.54, 1.807) is 18.2 Å². The summed E-state index contributed by atoms with van der Waals surface area (Å²) in [4.78, 5) is 3.20. The van der Waals surface area contributed by atoms with Crippen molar-refractivity contribution in [2.24, 2.45) is 0 Å². The number of para-hydroxylation sites is 2. The van der Waals surface area contributed by atoms with Gasteiger partial charge in [0.1, 0.15) is 11.9 Å². The number of aromatic amines is 1. The Kier molecular flexibility index (Phi) is 4.61. The monoisotopic (exact) mass is 323 g/mol. The van der Waals surface area contributed by atoms with Gasteiger partial charge in [-0.15, -0.1) is 0 Å². The van der Waals surface area contributed by atoms with E-state index < -0.39 is 0 Å². The van der Waals surface area contributed by atoms with Crippen LogP contribution in [0.25, 0.3) is 0 Å². The van der Waals surface area contributed by atoms with Crippen molar-refractivity contribution in [3.8, 4) is 17.2 Å². The highest BCUT2D eigenvalue weighted by molar-refractivity contribution is 5.65. The molecule has 0 fully saturated rings. The lowest BCUT2D eigenvalue weighted by Crippen LogP contribution is -2.07. The van der Waals surface area contributed by atoms with Gasteiger partial charge < -0.3 is 25.9 Å². The van der Waals surface area contributed by atoms with Crippen LogP contribution in [0.5, 0.6) is 17.2 Å². The molecule has 1 unspecified atom stereocenters. The Morgan fingerprint density at radius 1 is 0.958 bits per heavy atom. The number of benzene rings is 2. The van der Waals surface area contributed by atoms with Gasteiger partial charge >= 0.3 is 0 Å². The fourth-order valence-electron chi connectivity index (χ4n) is 2.44. The normalized spacial score (nSPS) is 11.9. The molecule has 1 atom stereocenters. The highest BCUT2D eigenvalue weighted by atomic mass is 16.5. The van der Waals surface area contributed by atoms with Crippen molar-refractivity contribution in [3.05, 3.63) is 66.5 Å². The first-order chi connectivity index (χ1) is 11.7. The molecule has 124 valence electrons. The van der Waals surface area contributed by atoms with Crippen LogP contribution >= 0.6 is 0 Å². The number of aromatic nitrogens is 1. The third-order valence-corrected chi connectivity index (χ3v) is 3.74. The predicted molar refractivity (Wildman–Crippen MR) is 96.2 cm³/mol. The molecule has 0 aliphatic rings. The van der Waals surface area contributed by atoms with Crippen LogP contribution in [-0.2, 0) is 0 Å². The first-order valence-electron chi connectivity index (χ1n) is 7.89. The summed E-state index contributed by atoms with van der Waals surface area (Å²) >= 11 is 0. The van der Waals surface area contributed by atoms with E-state index in [0.717, 1.165) is 12.1 Å². The predicted octanol–water partition coefficient (Wildman–Crippen LogP) is 4.50. The van der Waals surface area contributed by atoms with E-state index in [1.807, 2.05) is 42.6 Å². The first-order valence-corrected chi connectivity index (χ1v) is 7.89. The van der Waals surface area contributed by atoms with Crippen molar-refractivity contribution in [3.63, 3.8) is 0 Å². The minimum Gasteiger partial charge on any atom is -0.480 e. The second-order valence-corrected chi connectivity index (χ2v) is 5.48. The Morgan fingerprint density at radius 3 is 2.42 bits per heavy atom. The maximum Gasteiger partial charge on any atom is 0.169 e. The molecule has 5 nitrogen and oxygen atoms in total. The minimum absolute atomic E-state index is 0.0683. The molecular weight excluding hydrogens is 302 g/mol. The smallest absolute Gasteiger partial charge is 0.169 e. The van der Waals surface area contributed by atoms with Gasteiger partial charge in [0, 0.05) is 12.3 Å². The van der Waals surface area contributed by atoms with E-state index in [1.165, 1.54) is 0 Å². The molecule has 0 saturated carbocycles. The minimum atomic E-state index is -0.0683. The lowest BCUT2D eigenvalue weighted by molar-refractivity contribution is 0.191. The number of hydrogen-bond donors (Lipinski definition) is 3. The lowest BCUT2D eigenvalue weighted by Gasteiger charge is -2.19. The van der Waals surface area contributed by atoms with Crippen LogP contribution in [-0.4, -0.2) is 4.98 Å². The molecule has 0 amide bonds. The van der Waals surface area contributed by atoms with E-state index in [4.69, 9.17) is 20.9 Å². The fourth-order valence-corrected chi connectivity index (χ4v) is 2.44. The molecule has 2 aromatic carbocycles. The van der Waals surface area contributed by atoms with E-state index in [2.05, 4.69) is 11.9 Å². The largest absolute Gasteiger partial charge is 0.480 e. The van der Waals surface area contributed by atoms with Crippen LogP contribution in [0.15, 0.2) is 60.8 Å². The molecule has 0 aliphatic heterocycles. The Hall–Kier alpha value is -3.08. The Bertz CT molecular complexity index is 800. The standard InChI is InChI=1S/C19H21N3O2/c1-2-17(16-6-5-11-22-16)24-19-8-4-3-7-18(19)23-13-9-10-14(20)15(21)12-13/h3-12,17,22H,2,20-21H2,1H3. The van der Waals surface area contributed by atoms with E-state index in [0.29, 0.717) is 28.6 Å². The van der Waals surface area contributed by atoms with Crippen LogP contribution in [0.1, 0.15) is 25.1 Å². The third kappa shape index (κ3) is 3.46. The van der Waals surface area contributed by atoms with Crippen LogP contribution in [0.2, 0.25) is 0 Å². The van der Waals surface area contributed by atoms with Crippen molar-refractivity contribution in [2.45, 2.75) is 19.4 Å². The summed E-state index contributed by atoms with van der Waals surface area (Å²) in [6, 6.07) is 16.8. The van der Waals surface area contributed by atoms with Crippen molar-refractivity contribution in [1.29, 1.82) is 0 Å². The zero-order valence-corrected chi connectivity index (χ0v) is 13.5. The molecule has 3 aromatic rings. The summed E-state index contributed by atoms with van der Waals surface area (Å²) in [6.45, 7) is 2.08. The molecule has 5 N–H and O–H groups in total. The van der Waals surface area contributed by atoms with Crippen LogP contribution < -0.4 is 20.9 Å². The number of ether oxygens (including phenoxy) is 2. The highest BCUT2D eigenvalue weighted by Crippen LogP contribution is 2.35. The number of H-pyrrole nitrogens is 1. The Morgan fingerprint density at radius 2 is 1.75 bits per heavy atom. The average Bonchev–Trinajstić information content (AvgIpc) is 3.12. The summed E-state index contributed by atoms with van der Waals surface area (Å²) in [5.41, 5.74) is 13.6. The fraction of sp³-hybridized carbons (Fsp3) is 0.158. The van der Waals surface area contributed by atoms with Gasteiger partial charge in [-0.1, -0.05) is 19.1 Å². The molecule has 0 saturated heterocycles. The van der Waals surface area contributed by atoms with E-state index >= 15 is 0 Å². The summed E-state index contributed by atoms with van der Waals surface area (Å²) < 4.78 is 12.1. The number of nitrogens with two attached hydrogens (primary N) is 2. The molecule has 3 rings (SSSR count). The quantitative estimate of drug-likeness (QED) is 0.583. The number of hydrogen-bond acceptors (Lipinski definition) is 4. The number of anilines is 2. The lowest BCUT2D eigenvalue weighted by atomic mass is 10.2. The molecule has 0 spiro atoms. The van der Waals surface area contributed by atoms with Gasteiger partial charge in [0.05, 0.1) is 17.1 Å². The van der Waals surface area contributed by atoms with E-state index in [-0.39, 0.29) is 6.10 Å². The van der Waals surface area contributed by atoms with Gasteiger partial charge in [0.25, 0.3) is 0 Å². The Labute approximate surface area is 141 Å². The second-order valence-electron chi connectivity index (χ2n) is 5.48. The summed E-state index contributed by atoms with van der Waals surface area (Å²) in [5.74, 6) is 1.92. The first kappa shape index (κ1) is 15.8. The van der Waals surface area contributed by atoms with Crippen LogP contribution in [0, 0.1) is 0 Å². The van der Waals surface area contributed by atoms with Crippen molar-refractivity contribution in [2.75, 3.05) is 11.5 Å².